The third-order valence-electron chi connectivity index (χ3n) is 14.9. The molecule has 0 amide bonds. The molecule has 0 saturated heterocycles. The van der Waals surface area contributed by atoms with E-state index in [2.05, 4.69) is 93.7 Å². The highest BCUT2D eigenvalue weighted by molar-refractivity contribution is 5.71. The molecule has 0 aliphatic heterocycles. The lowest BCUT2D eigenvalue weighted by Gasteiger charge is -2.18. The summed E-state index contributed by atoms with van der Waals surface area (Å²) in [6, 6.07) is 0. The number of carbonyl (C=O) groups is 3. The zero-order chi connectivity index (χ0) is 56.4. The highest BCUT2D eigenvalue weighted by Gasteiger charge is 2.19. The van der Waals surface area contributed by atoms with Crippen molar-refractivity contribution < 1.29 is 28.6 Å². The minimum Gasteiger partial charge on any atom is -0.462 e. The van der Waals surface area contributed by atoms with Gasteiger partial charge in [0.1, 0.15) is 13.2 Å². The van der Waals surface area contributed by atoms with Crippen molar-refractivity contribution in [3.63, 3.8) is 0 Å². The van der Waals surface area contributed by atoms with Gasteiger partial charge in [0.2, 0.25) is 0 Å². The molecular weight excluding hydrogens is 961 g/mol. The van der Waals surface area contributed by atoms with Crippen LogP contribution in [-0.4, -0.2) is 37.2 Å². The summed E-state index contributed by atoms with van der Waals surface area (Å²) in [7, 11) is 0. The molecule has 0 saturated carbocycles. The van der Waals surface area contributed by atoms with Gasteiger partial charge in [-0.25, -0.2) is 0 Å². The Morgan fingerprint density at radius 2 is 0.513 bits per heavy atom. The molecule has 0 aliphatic rings. The van der Waals surface area contributed by atoms with Crippen LogP contribution in [0.25, 0.3) is 0 Å². The van der Waals surface area contributed by atoms with Crippen molar-refractivity contribution in [2.45, 2.75) is 354 Å². The zero-order valence-corrected chi connectivity index (χ0v) is 51.9. The van der Waals surface area contributed by atoms with Crippen molar-refractivity contribution in [1.82, 2.24) is 0 Å². The molecular formula is C72H128O6. The topological polar surface area (TPSA) is 78.9 Å². The molecule has 0 heterocycles. The molecule has 0 aromatic heterocycles. The third kappa shape index (κ3) is 63.7. The molecule has 0 radical (unpaired) electrons. The average Bonchev–Trinajstić information content (AvgIpc) is 3.44. The molecule has 0 spiro atoms. The van der Waals surface area contributed by atoms with Gasteiger partial charge in [-0.05, 0) is 83.5 Å². The second kappa shape index (κ2) is 66.4. The number of hydrogen-bond acceptors (Lipinski definition) is 6. The number of ether oxygens (including phenoxy) is 3. The summed E-state index contributed by atoms with van der Waals surface area (Å²) in [5.74, 6) is -0.931. The van der Waals surface area contributed by atoms with E-state index in [9.17, 15) is 14.4 Å². The quantitative estimate of drug-likeness (QED) is 0.0261. The van der Waals surface area contributed by atoms with E-state index >= 15 is 0 Å². The number of rotatable bonds is 62. The van der Waals surface area contributed by atoms with Gasteiger partial charge in [-0.2, -0.15) is 0 Å². The number of esters is 3. The molecule has 0 rings (SSSR count). The zero-order valence-electron chi connectivity index (χ0n) is 51.9. The predicted molar refractivity (Wildman–Crippen MR) is 339 cm³/mol. The van der Waals surface area contributed by atoms with Crippen molar-refractivity contribution in [2.75, 3.05) is 13.2 Å². The predicted octanol–water partition coefficient (Wildman–Crippen LogP) is 23.3. The first kappa shape index (κ1) is 74.8. The summed E-state index contributed by atoms with van der Waals surface area (Å²) < 4.78 is 16.9. The second-order valence-electron chi connectivity index (χ2n) is 22.7. The number of unbranched alkanes of at least 4 members (excludes halogenated alkanes) is 39. The van der Waals surface area contributed by atoms with Crippen LogP contribution in [0.3, 0.4) is 0 Å². The molecule has 6 nitrogen and oxygen atoms in total. The summed E-state index contributed by atoms with van der Waals surface area (Å²) >= 11 is 0. The molecule has 0 N–H and O–H groups in total. The summed E-state index contributed by atoms with van der Waals surface area (Å²) in [5.41, 5.74) is 0. The molecule has 0 aliphatic carbocycles. The van der Waals surface area contributed by atoms with Gasteiger partial charge >= 0.3 is 17.9 Å². The van der Waals surface area contributed by atoms with Crippen molar-refractivity contribution in [3.05, 3.63) is 72.9 Å². The number of carbonyl (C=O) groups excluding carboxylic acids is 3. The molecule has 0 bridgehead atoms. The summed E-state index contributed by atoms with van der Waals surface area (Å²) in [5, 5.41) is 0. The van der Waals surface area contributed by atoms with Crippen molar-refractivity contribution in [1.29, 1.82) is 0 Å². The van der Waals surface area contributed by atoms with Gasteiger partial charge in [0.15, 0.2) is 6.10 Å². The Balaban J connectivity index is 4.38. The maximum absolute atomic E-state index is 12.9. The summed E-state index contributed by atoms with van der Waals surface area (Å²) in [6.45, 7) is 6.53. The van der Waals surface area contributed by atoms with Crippen molar-refractivity contribution >= 4 is 17.9 Å². The van der Waals surface area contributed by atoms with Crippen LogP contribution in [0.4, 0.5) is 0 Å². The van der Waals surface area contributed by atoms with Crippen LogP contribution in [0.1, 0.15) is 348 Å². The first-order chi connectivity index (χ1) is 38.5. The first-order valence-electron chi connectivity index (χ1n) is 33.9. The number of hydrogen-bond donors (Lipinski definition) is 0. The van der Waals surface area contributed by atoms with Gasteiger partial charge in [0.05, 0.1) is 0 Å². The lowest BCUT2D eigenvalue weighted by Crippen LogP contribution is -2.30. The maximum atomic E-state index is 12.9. The van der Waals surface area contributed by atoms with E-state index in [-0.39, 0.29) is 37.5 Å². The Morgan fingerprint density at radius 1 is 0.269 bits per heavy atom. The molecule has 1 unspecified atom stereocenters. The Bertz CT molecular complexity index is 1440. The fourth-order valence-corrected chi connectivity index (χ4v) is 9.89. The van der Waals surface area contributed by atoms with Crippen LogP contribution < -0.4 is 0 Å². The van der Waals surface area contributed by atoms with E-state index in [1.165, 1.54) is 225 Å². The molecule has 1 atom stereocenters. The number of allylic oxidation sites excluding steroid dienone is 12. The Morgan fingerprint density at radius 3 is 0.846 bits per heavy atom. The highest BCUT2D eigenvalue weighted by Crippen LogP contribution is 2.18. The van der Waals surface area contributed by atoms with Gasteiger partial charge in [-0.15, -0.1) is 0 Å². The molecule has 0 aromatic carbocycles. The fourth-order valence-electron chi connectivity index (χ4n) is 9.89. The van der Waals surface area contributed by atoms with Gasteiger partial charge in [-0.3, -0.25) is 14.4 Å². The van der Waals surface area contributed by atoms with E-state index in [0.717, 1.165) is 77.0 Å². The van der Waals surface area contributed by atoms with Gasteiger partial charge in [-0.1, -0.05) is 318 Å². The molecule has 0 aromatic rings. The SMILES string of the molecule is CC/C=C\C/C=C\C/C=C\C/C=C\C/C=C\CCCC(=O)OCC(COC(=O)CCCCCCCCCCCCC/C=C\CCCCCCCCCC)OC(=O)CCCCCCCCCCCCCCCCCCCCCC. The standard InChI is InChI=1S/C72H128O6/c1-4-7-10-13-16-19-22-25-28-31-33-35-36-37-39-41-44-47-50-53-56-59-62-65-71(74)77-68-69(67-76-70(73)64-61-58-55-52-49-46-43-40-30-27-24-21-18-15-12-9-6-3)78-72(75)66-63-60-57-54-51-48-45-42-38-34-32-29-26-23-20-17-14-11-8-5-2/h9,12,18,21,27,30-31,33,43,46,52,55,69H,4-8,10-11,13-17,19-20,22-26,28-29,32,34-42,44-45,47-51,53-54,56-68H2,1-3H3/b12-9-,21-18-,30-27-,33-31-,46-43-,55-52-. The van der Waals surface area contributed by atoms with E-state index < -0.39 is 6.10 Å². The van der Waals surface area contributed by atoms with E-state index in [4.69, 9.17) is 14.2 Å². The van der Waals surface area contributed by atoms with Crippen LogP contribution in [-0.2, 0) is 28.6 Å². The van der Waals surface area contributed by atoms with Crippen LogP contribution in [0.15, 0.2) is 72.9 Å². The van der Waals surface area contributed by atoms with E-state index in [0.29, 0.717) is 19.3 Å². The molecule has 0 fully saturated rings. The fraction of sp³-hybridized carbons (Fsp3) is 0.792. The normalized spacial score (nSPS) is 12.5. The minimum absolute atomic E-state index is 0.0901. The van der Waals surface area contributed by atoms with Gasteiger partial charge in [0, 0.05) is 19.3 Å². The summed E-state index contributed by atoms with van der Waals surface area (Å²) in [6.07, 6.45) is 86.4. The maximum Gasteiger partial charge on any atom is 0.306 e. The van der Waals surface area contributed by atoms with Gasteiger partial charge in [0.25, 0.3) is 0 Å². The first-order valence-corrected chi connectivity index (χ1v) is 33.9. The Labute approximate surface area is 484 Å². The minimum atomic E-state index is -0.798. The average molecular weight is 1090 g/mol. The Hall–Kier alpha value is -3.15. The molecule has 452 valence electrons. The lowest BCUT2D eigenvalue weighted by atomic mass is 10.0. The molecule has 6 heteroatoms. The van der Waals surface area contributed by atoms with Gasteiger partial charge < -0.3 is 14.2 Å². The third-order valence-corrected chi connectivity index (χ3v) is 14.9. The monoisotopic (exact) mass is 1090 g/mol. The largest absolute Gasteiger partial charge is 0.462 e. The molecule has 78 heavy (non-hydrogen) atoms. The van der Waals surface area contributed by atoms with E-state index in [1.807, 2.05) is 0 Å². The van der Waals surface area contributed by atoms with E-state index in [1.54, 1.807) is 0 Å². The van der Waals surface area contributed by atoms with Crippen LogP contribution in [0, 0.1) is 0 Å². The van der Waals surface area contributed by atoms with Crippen LogP contribution in [0.5, 0.6) is 0 Å². The van der Waals surface area contributed by atoms with Crippen molar-refractivity contribution in [2.24, 2.45) is 0 Å². The lowest BCUT2D eigenvalue weighted by molar-refractivity contribution is -0.167. The van der Waals surface area contributed by atoms with Crippen LogP contribution in [0.2, 0.25) is 0 Å². The van der Waals surface area contributed by atoms with Crippen LogP contribution >= 0.6 is 0 Å². The van der Waals surface area contributed by atoms with Crippen molar-refractivity contribution in [3.8, 4) is 0 Å². The Kier molecular flexibility index (Phi) is 63.7. The second-order valence-corrected chi connectivity index (χ2v) is 22.7. The summed E-state index contributed by atoms with van der Waals surface area (Å²) in [4.78, 5) is 38.4. The smallest absolute Gasteiger partial charge is 0.306 e. The highest BCUT2D eigenvalue weighted by atomic mass is 16.6.